The lowest BCUT2D eigenvalue weighted by Crippen LogP contribution is -2.32. The first-order valence-electron chi connectivity index (χ1n) is 6.18. The van der Waals surface area contributed by atoms with Crippen molar-refractivity contribution in [3.05, 3.63) is 12.7 Å². The average molecular weight is 262 g/mol. The Balaban J connectivity index is 3.88. The molecule has 0 amide bonds. The first-order chi connectivity index (χ1) is 7.90. The Morgan fingerprint density at radius 3 is 2.53 bits per heavy atom. The third kappa shape index (κ3) is 8.35. The molecule has 1 N–H and O–H groups in total. The summed E-state index contributed by atoms with van der Waals surface area (Å²) in [4.78, 5) is 0. The van der Waals surface area contributed by atoms with Crippen molar-refractivity contribution in [3.63, 3.8) is 0 Å². The number of nitrogens with one attached hydrogen (secondary N) is 1. The molecule has 0 fully saturated rings. The standard InChI is InChI=1S/C12H26N2O2S/c1-5-6-7-10-14(4)17(15,16)11-8-9-13-12(2)3/h5,12-13H,1,6-11H2,2-4H3. The number of sulfonamides is 1. The van der Waals surface area contributed by atoms with Crippen LogP contribution in [-0.2, 0) is 10.0 Å². The summed E-state index contributed by atoms with van der Waals surface area (Å²) in [7, 11) is -1.43. The predicted molar refractivity (Wildman–Crippen MR) is 73.6 cm³/mol. The minimum Gasteiger partial charge on any atom is -0.314 e. The summed E-state index contributed by atoms with van der Waals surface area (Å²) in [5.41, 5.74) is 0. The fourth-order valence-corrected chi connectivity index (χ4v) is 2.63. The van der Waals surface area contributed by atoms with E-state index in [2.05, 4.69) is 25.7 Å². The van der Waals surface area contributed by atoms with Gasteiger partial charge in [-0.25, -0.2) is 12.7 Å². The summed E-state index contributed by atoms with van der Waals surface area (Å²) >= 11 is 0. The molecule has 17 heavy (non-hydrogen) atoms. The summed E-state index contributed by atoms with van der Waals surface area (Å²) < 4.78 is 25.1. The predicted octanol–water partition coefficient (Wildman–Crippen LogP) is 1.60. The molecule has 0 saturated heterocycles. The smallest absolute Gasteiger partial charge is 0.213 e. The average Bonchev–Trinajstić information content (AvgIpc) is 2.24. The molecule has 0 atom stereocenters. The number of hydrogen-bond donors (Lipinski definition) is 1. The van der Waals surface area contributed by atoms with Gasteiger partial charge in [0.05, 0.1) is 5.75 Å². The van der Waals surface area contributed by atoms with E-state index in [0.29, 0.717) is 19.0 Å². The van der Waals surface area contributed by atoms with Crippen molar-refractivity contribution in [1.82, 2.24) is 9.62 Å². The Kier molecular flexibility index (Phi) is 8.47. The van der Waals surface area contributed by atoms with Crippen molar-refractivity contribution in [1.29, 1.82) is 0 Å². The molecule has 0 spiro atoms. The van der Waals surface area contributed by atoms with E-state index >= 15 is 0 Å². The van der Waals surface area contributed by atoms with E-state index < -0.39 is 10.0 Å². The molecule has 0 rings (SSSR count). The second-order valence-electron chi connectivity index (χ2n) is 4.53. The van der Waals surface area contributed by atoms with Gasteiger partial charge in [0.15, 0.2) is 0 Å². The monoisotopic (exact) mass is 262 g/mol. The van der Waals surface area contributed by atoms with Gasteiger partial charge in [0.25, 0.3) is 0 Å². The van der Waals surface area contributed by atoms with E-state index in [1.807, 2.05) is 6.08 Å². The molecule has 5 heteroatoms. The lowest BCUT2D eigenvalue weighted by molar-refractivity contribution is 0.460. The number of rotatable bonds is 10. The van der Waals surface area contributed by atoms with Crippen LogP contribution in [0.5, 0.6) is 0 Å². The van der Waals surface area contributed by atoms with Gasteiger partial charge in [0.1, 0.15) is 0 Å². The van der Waals surface area contributed by atoms with Gasteiger partial charge in [-0.05, 0) is 25.8 Å². The van der Waals surface area contributed by atoms with Crippen LogP contribution in [0.1, 0.15) is 33.1 Å². The Hall–Kier alpha value is -0.390. The Morgan fingerprint density at radius 1 is 1.35 bits per heavy atom. The van der Waals surface area contributed by atoms with Gasteiger partial charge in [0.2, 0.25) is 10.0 Å². The largest absolute Gasteiger partial charge is 0.314 e. The van der Waals surface area contributed by atoms with E-state index in [0.717, 1.165) is 19.4 Å². The highest BCUT2D eigenvalue weighted by Gasteiger charge is 2.16. The molecule has 0 unspecified atom stereocenters. The molecular formula is C12H26N2O2S. The Bertz CT molecular complexity index is 300. The van der Waals surface area contributed by atoms with E-state index in [-0.39, 0.29) is 5.75 Å². The lowest BCUT2D eigenvalue weighted by atomic mass is 10.3. The Morgan fingerprint density at radius 2 is 2.00 bits per heavy atom. The molecule has 102 valence electrons. The molecule has 0 bridgehead atoms. The second kappa shape index (κ2) is 8.66. The van der Waals surface area contributed by atoms with Crippen LogP contribution >= 0.6 is 0 Å². The highest BCUT2D eigenvalue weighted by molar-refractivity contribution is 7.89. The Labute approximate surface area is 106 Å². The minimum absolute atomic E-state index is 0.220. The molecule has 0 aromatic rings. The van der Waals surface area contributed by atoms with Crippen LogP contribution in [0.4, 0.5) is 0 Å². The summed E-state index contributed by atoms with van der Waals surface area (Å²) in [6.45, 7) is 9.05. The van der Waals surface area contributed by atoms with Crippen LogP contribution < -0.4 is 5.32 Å². The third-order valence-corrected chi connectivity index (χ3v) is 4.42. The van der Waals surface area contributed by atoms with Gasteiger partial charge in [-0.2, -0.15) is 0 Å². The highest BCUT2D eigenvalue weighted by Crippen LogP contribution is 2.03. The lowest BCUT2D eigenvalue weighted by Gasteiger charge is -2.17. The molecule has 0 heterocycles. The van der Waals surface area contributed by atoms with Crippen LogP contribution in [0.3, 0.4) is 0 Å². The van der Waals surface area contributed by atoms with Crippen LogP contribution in [0.25, 0.3) is 0 Å². The van der Waals surface area contributed by atoms with E-state index in [1.54, 1.807) is 7.05 Å². The molecule has 0 aromatic heterocycles. The number of allylic oxidation sites excluding steroid dienone is 1. The van der Waals surface area contributed by atoms with Gasteiger partial charge in [-0.1, -0.05) is 19.9 Å². The van der Waals surface area contributed by atoms with Crippen molar-refractivity contribution in [2.45, 2.75) is 39.2 Å². The highest BCUT2D eigenvalue weighted by atomic mass is 32.2. The maximum atomic E-state index is 11.8. The maximum absolute atomic E-state index is 11.8. The van der Waals surface area contributed by atoms with E-state index in [4.69, 9.17) is 0 Å². The molecule has 4 nitrogen and oxygen atoms in total. The van der Waals surface area contributed by atoms with E-state index in [1.165, 1.54) is 4.31 Å². The molecule has 0 aliphatic carbocycles. The molecule has 0 aromatic carbocycles. The minimum atomic E-state index is -3.08. The maximum Gasteiger partial charge on any atom is 0.213 e. The molecule has 0 saturated carbocycles. The number of nitrogens with zero attached hydrogens (tertiary/aromatic N) is 1. The van der Waals surface area contributed by atoms with Crippen LogP contribution in [0.2, 0.25) is 0 Å². The molecule has 0 radical (unpaired) electrons. The zero-order valence-electron chi connectivity index (χ0n) is 11.3. The first-order valence-corrected chi connectivity index (χ1v) is 7.79. The topological polar surface area (TPSA) is 49.4 Å². The normalized spacial score (nSPS) is 12.3. The summed E-state index contributed by atoms with van der Waals surface area (Å²) in [5.74, 6) is 0.220. The molecular weight excluding hydrogens is 236 g/mol. The SMILES string of the molecule is C=CCCCN(C)S(=O)(=O)CCCNC(C)C. The summed E-state index contributed by atoms with van der Waals surface area (Å²) in [6.07, 6.45) is 4.16. The van der Waals surface area contributed by atoms with Crippen molar-refractivity contribution < 1.29 is 8.42 Å². The molecule has 0 aliphatic heterocycles. The van der Waals surface area contributed by atoms with Gasteiger partial charge < -0.3 is 5.32 Å². The van der Waals surface area contributed by atoms with Crippen molar-refractivity contribution >= 4 is 10.0 Å². The zero-order chi connectivity index (χ0) is 13.3. The quantitative estimate of drug-likeness (QED) is 0.480. The summed E-state index contributed by atoms with van der Waals surface area (Å²) in [5, 5.41) is 3.21. The fraction of sp³-hybridized carbons (Fsp3) is 0.833. The number of unbranched alkanes of at least 4 members (excludes halogenated alkanes) is 1. The molecule has 0 aliphatic rings. The zero-order valence-corrected chi connectivity index (χ0v) is 12.1. The van der Waals surface area contributed by atoms with Crippen molar-refractivity contribution in [2.75, 3.05) is 25.9 Å². The van der Waals surface area contributed by atoms with Gasteiger partial charge in [-0.15, -0.1) is 6.58 Å². The van der Waals surface area contributed by atoms with Gasteiger partial charge in [0, 0.05) is 19.6 Å². The first kappa shape index (κ1) is 16.6. The summed E-state index contributed by atoms with van der Waals surface area (Å²) in [6, 6.07) is 0.406. The van der Waals surface area contributed by atoms with Gasteiger partial charge in [-0.3, -0.25) is 0 Å². The second-order valence-corrected chi connectivity index (χ2v) is 6.73. The fourth-order valence-electron chi connectivity index (χ4n) is 1.40. The van der Waals surface area contributed by atoms with Crippen LogP contribution in [0.15, 0.2) is 12.7 Å². The van der Waals surface area contributed by atoms with Gasteiger partial charge >= 0.3 is 0 Å². The number of hydrogen-bond acceptors (Lipinski definition) is 3. The van der Waals surface area contributed by atoms with Crippen molar-refractivity contribution in [2.24, 2.45) is 0 Å². The van der Waals surface area contributed by atoms with Crippen LogP contribution in [0, 0.1) is 0 Å². The van der Waals surface area contributed by atoms with E-state index in [9.17, 15) is 8.42 Å². The van der Waals surface area contributed by atoms with Crippen molar-refractivity contribution in [3.8, 4) is 0 Å². The van der Waals surface area contributed by atoms with Crippen LogP contribution in [-0.4, -0.2) is 44.7 Å². The third-order valence-electron chi connectivity index (χ3n) is 2.49.